The van der Waals surface area contributed by atoms with Crippen LogP contribution in [0.25, 0.3) is 11.1 Å². The van der Waals surface area contributed by atoms with Gasteiger partial charge in [0.15, 0.2) is 0 Å². The zero-order valence-corrected chi connectivity index (χ0v) is 16.1. The monoisotopic (exact) mass is 391 g/mol. The number of anilines is 2. The zero-order chi connectivity index (χ0) is 20.8. The number of carbonyl (C=O) groups is 2. The quantitative estimate of drug-likeness (QED) is 0.588. The molecule has 0 aliphatic carbocycles. The lowest BCUT2D eigenvalue weighted by Gasteiger charge is -2.13. The third-order valence-electron chi connectivity index (χ3n) is 4.25. The van der Waals surface area contributed by atoms with Crippen LogP contribution in [0.1, 0.15) is 10.4 Å². The predicted octanol–water partition coefficient (Wildman–Crippen LogP) is 4.11. The number of methoxy groups -OCH3 is 2. The summed E-state index contributed by atoms with van der Waals surface area (Å²) in [6, 6.07) is 18.8. The zero-order valence-electron chi connectivity index (χ0n) is 16.1. The number of nitrogens with one attached hydrogen (secondary N) is 2. The van der Waals surface area contributed by atoms with Crippen molar-refractivity contribution in [3.63, 3.8) is 0 Å². The van der Waals surface area contributed by atoms with Crippen LogP contribution >= 0.6 is 0 Å². The Hall–Kier alpha value is -4.00. The van der Waals surface area contributed by atoms with Gasteiger partial charge in [0.2, 0.25) is 0 Å². The lowest BCUT2D eigenvalue weighted by Crippen LogP contribution is -2.19. The van der Waals surface area contributed by atoms with Crippen LogP contribution in [-0.2, 0) is 0 Å². The average molecular weight is 391 g/mol. The average Bonchev–Trinajstić information content (AvgIpc) is 2.73. The number of nitrogens with two attached hydrogens (primary N) is 1. The topological polar surface area (TPSA) is 103 Å². The molecule has 0 bridgehead atoms. The minimum Gasteiger partial charge on any atom is -0.497 e. The van der Waals surface area contributed by atoms with Gasteiger partial charge in [-0.05, 0) is 54.1 Å². The number of carbonyl (C=O) groups excluding carboxylic acids is 2. The second kappa shape index (κ2) is 8.79. The highest BCUT2D eigenvalue weighted by Gasteiger charge is 2.11. The molecular formula is C22H21N3O4. The van der Waals surface area contributed by atoms with E-state index in [0.29, 0.717) is 22.7 Å². The number of ether oxygens (including phenoxy) is 2. The molecule has 0 aliphatic heterocycles. The van der Waals surface area contributed by atoms with Crippen LogP contribution in [0.15, 0.2) is 66.7 Å². The molecule has 3 aromatic carbocycles. The van der Waals surface area contributed by atoms with Crippen LogP contribution in [0.5, 0.6) is 11.5 Å². The van der Waals surface area contributed by atoms with Gasteiger partial charge < -0.3 is 25.8 Å². The van der Waals surface area contributed by atoms with E-state index in [1.807, 2.05) is 30.3 Å². The second-order valence-corrected chi connectivity index (χ2v) is 6.17. The summed E-state index contributed by atoms with van der Waals surface area (Å²) in [4.78, 5) is 23.6. The maximum Gasteiger partial charge on any atom is 0.316 e. The number of hydrogen-bond acceptors (Lipinski definition) is 4. The van der Waals surface area contributed by atoms with Crippen molar-refractivity contribution in [1.82, 2.24) is 0 Å². The highest BCUT2D eigenvalue weighted by molar-refractivity contribution is 6.05. The van der Waals surface area contributed by atoms with E-state index in [1.165, 1.54) is 0 Å². The van der Waals surface area contributed by atoms with E-state index < -0.39 is 6.03 Å². The smallest absolute Gasteiger partial charge is 0.316 e. The first-order valence-corrected chi connectivity index (χ1v) is 8.80. The van der Waals surface area contributed by atoms with Gasteiger partial charge in [-0.15, -0.1) is 0 Å². The van der Waals surface area contributed by atoms with Gasteiger partial charge in [0, 0.05) is 22.5 Å². The van der Waals surface area contributed by atoms with Crippen molar-refractivity contribution in [2.75, 3.05) is 24.9 Å². The Morgan fingerprint density at radius 2 is 1.55 bits per heavy atom. The summed E-state index contributed by atoms with van der Waals surface area (Å²) in [5.41, 5.74) is 8.31. The Labute approximate surface area is 168 Å². The van der Waals surface area contributed by atoms with E-state index in [0.717, 1.165) is 16.9 Å². The minimum atomic E-state index is -0.693. The Morgan fingerprint density at radius 3 is 2.21 bits per heavy atom. The highest BCUT2D eigenvalue weighted by atomic mass is 16.5. The molecule has 0 saturated carbocycles. The second-order valence-electron chi connectivity index (χ2n) is 6.17. The Kier molecular flexibility index (Phi) is 5.99. The summed E-state index contributed by atoms with van der Waals surface area (Å²) in [5, 5.41) is 5.31. The molecule has 3 aromatic rings. The summed E-state index contributed by atoms with van der Waals surface area (Å²) < 4.78 is 10.7. The molecule has 148 valence electrons. The number of amides is 3. The fourth-order valence-electron chi connectivity index (χ4n) is 2.87. The van der Waals surface area contributed by atoms with Crippen molar-refractivity contribution in [2.45, 2.75) is 0 Å². The van der Waals surface area contributed by atoms with Crippen molar-refractivity contribution in [3.05, 3.63) is 72.3 Å². The Bertz CT molecular complexity index is 1030. The summed E-state index contributed by atoms with van der Waals surface area (Å²) in [5.74, 6) is 1.12. The van der Waals surface area contributed by atoms with E-state index in [4.69, 9.17) is 15.2 Å². The minimum absolute atomic E-state index is 0.316. The van der Waals surface area contributed by atoms with E-state index in [-0.39, 0.29) is 5.91 Å². The summed E-state index contributed by atoms with van der Waals surface area (Å²) in [6.45, 7) is 0. The van der Waals surface area contributed by atoms with Crippen molar-refractivity contribution >= 4 is 23.3 Å². The first-order chi connectivity index (χ1) is 14.0. The molecule has 0 radical (unpaired) electrons. The van der Waals surface area contributed by atoms with E-state index in [9.17, 15) is 9.59 Å². The van der Waals surface area contributed by atoms with Crippen LogP contribution < -0.4 is 25.8 Å². The summed E-state index contributed by atoms with van der Waals surface area (Å²) in [6.07, 6.45) is 0. The molecule has 0 unspecified atom stereocenters. The molecule has 3 amide bonds. The number of hydrogen-bond donors (Lipinski definition) is 3. The number of primary amides is 1. The number of benzene rings is 3. The van der Waals surface area contributed by atoms with Gasteiger partial charge >= 0.3 is 6.03 Å². The van der Waals surface area contributed by atoms with E-state index in [2.05, 4.69) is 10.6 Å². The predicted molar refractivity (Wildman–Crippen MR) is 113 cm³/mol. The number of rotatable bonds is 6. The fraction of sp³-hybridized carbons (Fsp3) is 0.0909. The fourth-order valence-corrected chi connectivity index (χ4v) is 2.87. The molecule has 7 nitrogen and oxygen atoms in total. The Morgan fingerprint density at radius 1 is 0.828 bits per heavy atom. The van der Waals surface area contributed by atoms with Gasteiger partial charge in [-0.25, -0.2) is 4.79 Å². The third-order valence-corrected chi connectivity index (χ3v) is 4.25. The van der Waals surface area contributed by atoms with E-state index >= 15 is 0 Å². The summed E-state index contributed by atoms with van der Waals surface area (Å²) in [7, 11) is 3.21. The molecule has 0 spiro atoms. The van der Waals surface area contributed by atoms with Gasteiger partial charge in [0.1, 0.15) is 11.5 Å². The first kappa shape index (κ1) is 19.8. The van der Waals surface area contributed by atoms with Crippen molar-refractivity contribution in [2.24, 2.45) is 5.73 Å². The molecule has 0 aromatic heterocycles. The standard InChI is InChI=1S/C22H21N3O4/c1-28-18-9-6-14(7-10-18)19-13-17(8-11-20(19)29-2)24-21(26)15-4-3-5-16(12-15)25-22(23)27/h3-13H,1-2H3,(H,24,26)(H3,23,25,27). The molecule has 7 heteroatoms. The van der Waals surface area contributed by atoms with Crippen molar-refractivity contribution in [3.8, 4) is 22.6 Å². The van der Waals surface area contributed by atoms with Gasteiger partial charge in [-0.2, -0.15) is 0 Å². The Balaban J connectivity index is 1.86. The molecule has 0 heterocycles. The van der Waals surface area contributed by atoms with Crippen LogP contribution in [0.2, 0.25) is 0 Å². The van der Waals surface area contributed by atoms with Crippen LogP contribution in [0, 0.1) is 0 Å². The highest BCUT2D eigenvalue weighted by Crippen LogP contribution is 2.33. The normalized spacial score (nSPS) is 10.1. The maximum atomic E-state index is 12.6. The SMILES string of the molecule is COc1ccc(-c2cc(NC(=O)c3cccc(NC(N)=O)c3)ccc2OC)cc1. The van der Waals surface area contributed by atoms with Gasteiger partial charge in [0.05, 0.1) is 14.2 Å². The van der Waals surface area contributed by atoms with Crippen molar-refractivity contribution in [1.29, 1.82) is 0 Å². The van der Waals surface area contributed by atoms with Gasteiger partial charge in [0.25, 0.3) is 5.91 Å². The van der Waals surface area contributed by atoms with Gasteiger partial charge in [-0.1, -0.05) is 18.2 Å². The van der Waals surface area contributed by atoms with Crippen LogP contribution in [-0.4, -0.2) is 26.2 Å². The van der Waals surface area contributed by atoms with Crippen LogP contribution in [0.4, 0.5) is 16.2 Å². The third kappa shape index (κ3) is 4.84. The molecule has 0 aliphatic rings. The molecule has 0 atom stereocenters. The molecule has 3 rings (SSSR count). The van der Waals surface area contributed by atoms with E-state index in [1.54, 1.807) is 50.6 Å². The van der Waals surface area contributed by atoms with Gasteiger partial charge in [-0.3, -0.25) is 4.79 Å². The summed E-state index contributed by atoms with van der Waals surface area (Å²) >= 11 is 0. The first-order valence-electron chi connectivity index (χ1n) is 8.80. The molecule has 4 N–H and O–H groups in total. The number of urea groups is 1. The molecular weight excluding hydrogens is 370 g/mol. The lowest BCUT2D eigenvalue weighted by molar-refractivity contribution is 0.102. The molecule has 0 fully saturated rings. The van der Waals surface area contributed by atoms with Crippen molar-refractivity contribution < 1.29 is 19.1 Å². The molecule has 29 heavy (non-hydrogen) atoms. The largest absolute Gasteiger partial charge is 0.497 e. The molecule has 0 saturated heterocycles. The maximum absolute atomic E-state index is 12.6. The van der Waals surface area contributed by atoms with Crippen LogP contribution in [0.3, 0.4) is 0 Å². The lowest BCUT2D eigenvalue weighted by atomic mass is 10.0.